The van der Waals surface area contributed by atoms with Crippen molar-refractivity contribution in [2.45, 2.75) is 26.2 Å². The number of carbonyl (C=O) groups is 2. The summed E-state index contributed by atoms with van der Waals surface area (Å²) in [5.74, 6) is -1.39. The third kappa shape index (κ3) is 2.06. The van der Waals surface area contributed by atoms with Crippen molar-refractivity contribution < 1.29 is 14.7 Å². The molecule has 1 aliphatic rings. The van der Waals surface area contributed by atoms with Gasteiger partial charge in [0, 0.05) is 23.4 Å². The number of nitrogens with zero attached hydrogens (tertiary/aromatic N) is 1. The normalized spacial score (nSPS) is 13.8. The molecule has 3 rings (SSSR count). The molecule has 0 fully saturated rings. The van der Waals surface area contributed by atoms with Crippen molar-refractivity contribution in [3.63, 3.8) is 0 Å². The Morgan fingerprint density at radius 3 is 2.45 bits per heavy atom. The van der Waals surface area contributed by atoms with Crippen LogP contribution in [0.15, 0.2) is 35.1 Å². The van der Waals surface area contributed by atoms with E-state index < -0.39 is 11.5 Å². The number of carboxylic acids is 1. The second-order valence-electron chi connectivity index (χ2n) is 5.38. The molecular formula is C17H15NO4. The van der Waals surface area contributed by atoms with E-state index in [1.807, 2.05) is 6.07 Å². The minimum atomic E-state index is -1.30. The zero-order chi connectivity index (χ0) is 15.9. The number of aromatic carboxylic acids is 1. The Balaban J connectivity index is 2.46. The van der Waals surface area contributed by atoms with Gasteiger partial charge in [-0.15, -0.1) is 0 Å². The van der Waals surface area contributed by atoms with Crippen LogP contribution in [0.4, 0.5) is 0 Å². The number of benzene rings is 1. The highest BCUT2D eigenvalue weighted by molar-refractivity contribution is 6.02. The second kappa shape index (κ2) is 5.26. The van der Waals surface area contributed by atoms with E-state index in [-0.39, 0.29) is 16.9 Å². The second-order valence-corrected chi connectivity index (χ2v) is 5.38. The molecule has 1 aromatic carbocycles. The largest absolute Gasteiger partial charge is 0.477 e. The van der Waals surface area contributed by atoms with Crippen molar-refractivity contribution in [1.29, 1.82) is 0 Å². The number of ketones is 1. The van der Waals surface area contributed by atoms with Gasteiger partial charge in [-0.25, -0.2) is 4.79 Å². The maximum atomic E-state index is 12.7. The Morgan fingerprint density at radius 2 is 1.82 bits per heavy atom. The molecule has 1 heterocycles. The highest BCUT2D eigenvalue weighted by Gasteiger charge is 2.29. The first-order valence-electron chi connectivity index (χ1n) is 7.12. The Hall–Kier alpha value is -2.69. The lowest BCUT2D eigenvalue weighted by molar-refractivity contribution is 0.0693. The standard InChI is InChI=1S/C17H15NO4/c1-10-14-12(8-5-9-13(14)19)18(11-6-3-2-4-7-11)16(20)15(10)17(21)22/h2-4,6-7H,5,8-9H2,1H3,(H,21,22). The number of pyridine rings is 1. The molecule has 1 aliphatic carbocycles. The third-order valence-corrected chi connectivity index (χ3v) is 4.05. The molecule has 0 atom stereocenters. The van der Waals surface area contributed by atoms with Crippen molar-refractivity contribution in [2.75, 3.05) is 0 Å². The zero-order valence-corrected chi connectivity index (χ0v) is 12.1. The number of para-hydroxylation sites is 1. The van der Waals surface area contributed by atoms with Crippen molar-refractivity contribution in [3.8, 4) is 5.69 Å². The average molecular weight is 297 g/mol. The first-order chi connectivity index (χ1) is 10.5. The van der Waals surface area contributed by atoms with Gasteiger partial charge in [0.1, 0.15) is 5.56 Å². The minimum absolute atomic E-state index is 0.0917. The van der Waals surface area contributed by atoms with E-state index in [0.29, 0.717) is 36.2 Å². The molecule has 0 spiro atoms. The van der Waals surface area contributed by atoms with Crippen LogP contribution in [0.2, 0.25) is 0 Å². The van der Waals surface area contributed by atoms with Gasteiger partial charge in [-0.1, -0.05) is 18.2 Å². The van der Waals surface area contributed by atoms with Crippen molar-refractivity contribution in [1.82, 2.24) is 4.57 Å². The smallest absolute Gasteiger partial charge is 0.341 e. The number of aromatic nitrogens is 1. The molecule has 0 bridgehead atoms. The molecule has 1 aromatic heterocycles. The van der Waals surface area contributed by atoms with Crippen molar-refractivity contribution in [3.05, 3.63) is 63.1 Å². The number of carbonyl (C=O) groups excluding carboxylic acids is 1. The molecule has 0 radical (unpaired) electrons. The van der Waals surface area contributed by atoms with E-state index in [4.69, 9.17) is 0 Å². The number of hydrogen-bond donors (Lipinski definition) is 1. The summed E-state index contributed by atoms with van der Waals surface area (Å²) in [4.78, 5) is 36.4. The van der Waals surface area contributed by atoms with Gasteiger partial charge in [0.15, 0.2) is 5.78 Å². The highest BCUT2D eigenvalue weighted by Crippen LogP contribution is 2.26. The summed E-state index contributed by atoms with van der Waals surface area (Å²) in [6.45, 7) is 1.54. The fraction of sp³-hybridized carbons (Fsp3) is 0.235. The summed E-state index contributed by atoms with van der Waals surface area (Å²) in [6, 6.07) is 8.85. The molecule has 2 aromatic rings. The van der Waals surface area contributed by atoms with Crippen LogP contribution in [-0.4, -0.2) is 21.4 Å². The first-order valence-corrected chi connectivity index (χ1v) is 7.12. The quantitative estimate of drug-likeness (QED) is 0.923. The molecule has 1 N–H and O–H groups in total. The monoisotopic (exact) mass is 297 g/mol. The fourth-order valence-corrected chi connectivity index (χ4v) is 3.10. The summed E-state index contributed by atoms with van der Waals surface area (Å²) >= 11 is 0. The molecule has 0 amide bonds. The summed E-state index contributed by atoms with van der Waals surface area (Å²) < 4.78 is 1.38. The van der Waals surface area contributed by atoms with Gasteiger partial charge < -0.3 is 5.11 Å². The maximum Gasteiger partial charge on any atom is 0.341 e. The molecule has 0 saturated heterocycles. The summed E-state index contributed by atoms with van der Waals surface area (Å²) in [6.07, 6.45) is 1.65. The lowest BCUT2D eigenvalue weighted by Crippen LogP contribution is -2.33. The van der Waals surface area contributed by atoms with Crippen molar-refractivity contribution in [2.24, 2.45) is 0 Å². The van der Waals surface area contributed by atoms with Crippen LogP contribution in [0.1, 0.15) is 44.8 Å². The van der Waals surface area contributed by atoms with Crippen LogP contribution < -0.4 is 5.56 Å². The molecule has 5 nitrogen and oxygen atoms in total. The van der Waals surface area contributed by atoms with Gasteiger partial charge in [-0.3, -0.25) is 14.2 Å². The zero-order valence-electron chi connectivity index (χ0n) is 12.1. The average Bonchev–Trinajstić information content (AvgIpc) is 2.47. The van der Waals surface area contributed by atoms with Gasteiger partial charge in [0.2, 0.25) is 0 Å². The maximum absolute atomic E-state index is 12.7. The van der Waals surface area contributed by atoms with Crippen LogP contribution in [0.5, 0.6) is 0 Å². The van der Waals surface area contributed by atoms with Gasteiger partial charge >= 0.3 is 5.97 Å². The van der Waals surface area contributed by atoms with Crippen LogP contribution in [0.3, 0.4) is 0 Å². The number of Topliss-reactive ketones (excluding diaryl/α,β-unsaturated/α-hetero) is 1. The summed E-state index contributed by atoms with van der Waals surface area (Å²) in [5, 5.41) is 9.38. The van der Waals surface area contributed by atoms with Crippen LogP contribution >= 0.6 is 0 Å². The number of fused-ring (bicyclic) bond motifs is 1. The molecule has 112 valence electrons. The van der Waals surface area contributed by atoms with Gasteiger partial charge in [-0.2, -0.15) is 0 Å². The number of rotatable bonds is 2. The lowest BCUT2D eigenvalue weighted by atomic mass is 9.89. The van der Waals surface area contributed by atoms with Crippen LogP contribution in [0, 0.1) is 6.92 Å². The Labute approximate surface area is 126 Å². The Morgan fingerprint density at radius 1 is 1.14 bits per heavy atom. The van der Waals surface area contributed by atoms with E-state index >= 15 is 0 Å². The lowest BCUT2D eigenvalue weighted by Gasteiger charge is -2.23. The van der Waals surface area contributed by atoms with E-state index in [1.54, 1.807) is 31.2 Å². The Bertz CT molecular complexity index is 834. The predicted molar refractivity (Wildman–Crippen MR) is 81.0 cm³/mol. The van der Waals surface area contributed by atoms with E-state index in [1.165, 1.54) is 4.57 Å². The van der Waals surface area contributed by atoms with Gasteiger partial charge in [0.25, 0.3) is 5.56 Å². The molecule has 0 aliphatic heterocycles. The number of hydrogen-bond acceptors (Lipinski definition) is 3. The summed E-state index contributed by atoms with van der Waals surface area (Å²) in [5.41, 5.74) is 0.981. The molecule has 0 unspecified atom stereocenters. The predicted octanol–water partition coefficient (Wildman–Crippen LogP) is 2.36. The van der Waals surface area contributed by atoms with E-state index in [0.717, 1.165) is 0 Å². The van der Waals surface area contributed by atoms with E-state index in [2.05, 4.69) is 0 Å². The van der Waals surface area contributed by atoms with E-state index in [9.17, 15) is 19.5 Å². The highest BCUT2D eigenvalue weighted by atomic mass is 16.4. The third-order valence-electron chi connectivity index (χ3n) is 4.05. The van der Waals surface area contributed by atoms with Crippen LogP contribution in [0.25, 0.3) is 5.69 Å². The van der Waals surface area contributed by atoms with Gasteiger partial charge in [0.05, 0.1) is 0 Å². The summed E-state index contributed by atoms with van der Waals surface area (Å²) in [7, 11) is 0. The topological polar surface area (TPSA) is 76.4 Å². The number of carboxylic acid groups (broad SMARTS) is 1. The van der Waals surface area contributed by atoms with Crippen molar-refractivity contribution >= 4 is 11.8 Å². The molecule has 5 heteroatoms. The molecule has 22 heavy (non-hydrogen) atoms. The minimum Gasteiger partial charge on any atom is -0.477 e. The Kier molecular flexibility index (Phi) is 3.41. The van der Waals surface area contributed by atoms with Crippen LogP contribution in [-0.2, 0) is 6.42 Å². The molecule has 0 saturated carbocycles. The molecular weight excluding hydrogens is 282 g/mol. The first kappa shape index (κ1) is 14.3. The SMILES string of the molecule is Cc1c2c(n(-c3ccccc3)c(=O)c1C(=O)O)CCCC2=O. The van der Waals surface area contributed by atoms with Gasteiger partial charge in [-0.05, 0) is 37.5 Å². The fourth-order valence-electron chi connectivity index (χ4n) is 3.10.